The van der Waals surface area contributed by atoms with Crippen LogP contribution in [-0.4, -0.2) is 28.0 Å². The topological polar surface area (TPSA) is 120 Å². The zero-order valence-corrected chi connectivity index (χ0v) is 16.2. The Hall–Kier alpha value is -3.32. The molecule has 2 N–H and O–H groups in total. The number of urea groups is 1. The molecule has 0 spiro atoms. The monoisotopic (exact) mass is 433 g/mol. The Labute approximate surface area is 174 Å². The summed E-state index contributed by atoms with van der Waals surface area (Å²) in [6.07, 6.45) is 1.41. The number of halogens is 2. The molecule has 1 aromatic heterocycles. The van der Waals surface area contributed by atoms with Crippen LogP contribution < -0.4 is 20.6 Å². The second-order valence-electron chi connectivity index (χ2n) is 5.74. The average Bonchev–Trinajstić information content (AvgIpc) is 2.67. The molecule has 1 aliphatic rings. The molecule has 3 rings (SSSR count). The minimum atomic E-state index is -0.633. The Morgan fingerprint density at radius 2 is 1.97 bits per heavy atom. The van der Waals surface area contributed by atoms with Crippen molar-refractivity contribution in [3.63, 3.8) is 0 Å². The lowest BCUT2D eigenvalue weighted by atomic mass is 10.2. The highest BCUT2D eigenvalue weighted by Crippen LogP contribution is 2.40. The molecule has 9 nitrogen and oxygen atoms in total. The number of aliphatic hydroxyl groups is 1. The number of nitriles is 1. The van der Waals surface area contributed by atoms with Gasteiger partial charge in [0.1, 0.15) is 11.8 Å². The highest BCUT2D eigenvalue weighted by Gasteiger charge is 2.26. The van der Waals surface area contributed by atoms with Gasteiger partial charge in [0.25, 0.3) is 5.56 Å². The lowest BCUT2D eigenvalue weighted by molar-refractivity contribution is 0.248. The number of allylic oxidation sites excluding steroid dienone is 1. The summed E-state index contributed by atoms with van der Waals surface area (Å²) in [5, 5.41) is 25.5. The van der Waals surface area contributed by atoms with Crippen LogP contribution in [0.5, 0.6) is 11.5 Å². The second kappa shape index (κ2) is 8.36. The molecule has 29 heavy (non-hydrogen) atoms. The van der Waals surface area contributed by atoms with Crippen LogP contribution in [0.1, 0.15) is 0 Å². The van der Waals surface area contributed by atoms with E-state index >= 15 is 0 Å². The number of rotatable bonds is 5. The van der Waals surface area contributed by atoms with E-state index in [1.165, 1.54) is 35.0 Å². The summed E-state index contributed by atoms with van der Waals surface area (Å²) in [7, 11) is 0. The first-order valence-corrected chi connectivity index (χ1v) is 8.87. The zero-order valence-electron chi connectivity index (χ0n) is 14.7. The first kappa shape index (κ1) is 20.4. The Morgan fingerprint density at radius 3 is 2.59 bits per heavy atom. The summed E-state index contributed by atoms with van der Waals surface area (Å²) < 4.78 is 6.96. The standard InChI is InChI=1S/C18H13Cl2N5O4/c1-10-15(8-21)23-25(18(28)22-10)11-6-13(19)17(14(20)7-11)29-12-2-3-16(27)24(9-12)4-5-26/h2-3,6-7,9,26H,1,4-5H2,(H,22,28). The molecule has 0 saturated heterocycles. The molecule has 1 aromatic carbocycles. The second-order valence-corrected chi connectivity index (χ2v) is 6.56. The minimum Gasteiger partial charge on any atom is -0.453 e. The number of pyridine rings is 1. The number of hydrogen-bond acceptors (Lipinski definition) is 6. The fourth-order valence-electron chi connectivity index (χ4n) is 2.45. The van der Waals surface area contributed by atoms with Gasteiger partial charge in [-0.3, -0.25) is 4.79 Å². The van der Waals surface area contributed by atoms with Gasteiger partial charge in [-0.1, -0.05) is 29.8 Å². The van der Waals surface area contributed by atoms with E-state index in [1.807, 2.05) is 6.07 Å². The van der Waals surface area contributed by atoms with Crippen molar-refractivity contribution in [2.45, 2.75) is 6.54 Å². The number of benzene rings is 1. The summed E-state index contributed by atoms with van der Waals surface area (Å²) in [4.78, 5) is 23.9. The van der Waals surface area contributed by atoms with E-state index in [0.717, 1.165) is 5.01 Å². The van der Waals surface area contributed by atoms with Gasteiger partial charge in [0, 0.05) is 18.8 Å². The smallest absolute Gasteiger partial charge is 0.347 e. The predicted molar refractivity (Wildman–Crippen MR) is 108 cm³/mol. The molecule has 2 aromatic rings. The summed E-state index contributed by atoms with van der Waals surface area (Å²) in [6.45, 7) is 3.43. The number of ether oxygens (including phenoxy) is 1. The molecule has 0 fully saturated rings. The van der Waals surface area contributed by atoms with Gasteiger partial charge in [0.15, 0.2) is 11.5 Å². The molecule has 0 saturated carbocycles. The number of carbonyl (C=O) groups is 1. The maximum atomic E-state index is 12.2. The molecule has 2 heterocycles. The number of amides is 2. The van der Waals surface area contributed by atoms with Gasteiger partial charge in [-0.15, -0.1) is 0 Å². The molecule has 2 amide bonds. The molecule has 1 aliphatic heterocycles. The third-order valence-corrected chi connectivity index (χ3v) is 4.35. The van der Waals surface area contributed by atoms with Crippen molar-refractivity contribution < 1.29 is 14.6 Å². The van der Waals surface area contributed by atoms with Crippen LogP contribution in [0.25, 0.3) is 0 Å². The van der Waals surface area contributed by atoms with Crippen LogP contribution in [0.3, 0.4) is 0 Å². The molecule has 0 bridgehead atoms. The Bertz CT molecular complexity index is 1110. The van der Waals surface area contributed by atoms with Gasteiger partial charge in [0.05, 0.1) is 28.0 Å². The molecule has 0 aliphatic carbocycles. The van der Waals surface area contributed by atoms with Gasteiger partial charge in [-0.25, -0.2) is 4.79 Å². The highest BCUT2D eigenvalue weighted by atomic mass is 35.5. The number of hydrogen-bond donors (Lipinski definition) is 2. The van der Waals surface area contributed by atoms with Crippen molar-refractivity contribution in [2.24, 2.45) is 5.10 Å². The van der Waals surface area contributed by atoms with Crippen molar-refractivity contribution in [2.75, 3.05) is 11.6 Å². The first-order valence-electron chi connectivity index (χ1n) is 8.11. The van der Waals surface area contributed by atoms with Gasteiger partial charge in [-0.2, -0.15) is 15.4 Å². The summed E-state index contributed by atoms with van der Waals surface area (Å²) in [6, 6.07) is 6.68. The first-order chi connectivity index (χ1) is 13.8. The predicted octanol–water partition coefficient (Wildman–Crippen LogP) is 2.86. The maximum Gasteiger partial charge on any atom is 0.347 e. The summed E-state index contributed by atoms with van der Waals surface area (Å²) in [5.74, 6) is 0.365. The number of nitrogens with zero attached hydrogens (tertiary/aromatic N) is 4. The van der Waals surface area contributed by atoms with Gasteiger partial charge in [-0.05, 0) is 18.2 Å². The lowest BCUT2D eigenvalue weighted by Gasteiger charge is -2.24. The van der Waals surface area contributed by atoms with E-state index in [1.54, 1.807) is 0 Å². The average molecular weight is 434 g/mol. The van der Waals surface area contributed by atoms with E-state index in [9.17, 15) is 9.59 Å². The molecule has 148 valence electrons. The molecule has 11 heteroatoms. The van der Waals surface area contributed by atoms with Crippen LogP contribution in [0.15, 0.2) is 52.6 Å². The molecule has 0 atom stereocenters. The van der Waals surface area contributed by atoms with E-state index in [0.29, 0.717) is 0 Å². The number of nitrogens with one attached hydrogen (secondary N) is 1. The molecular formula is C18H13Cl2N5O4. The fraction of sp³-hybridized carbons (Fsp3) is 0.111. The number of hydrazone groups is 1. The zero-order chi connectivity index (χ0) is 21.1. The quantitative estimate of drug-likeness (QED) is 0.750. The van der Waals surface area contributed by atoms with Crippen molar-refractivity contribution in [1.29, 1.82) is 5.26 Å². The summed E-state index contributed by atoms with van der Waals surface area (Å²) >= 11 is 12.6. The Balaban J connectivity index is 1.95. The lowest BCUT2D eigenvalue weighted by Crippen LogP contribution is -2.42. The van der Waals surface area contributed by atoms with Gasteiger partial charge < -0.3 is 19.7 Å². The van der Waals surface area contributed by atoms with Crippen molar-refractivity contribution in [1.82, 2.24) is 9.88 Å². The Morgan fingerprint density at radius 1 is 1.28 bits per heavy atom. The normalized spacial score (nSPS) is 13.6. The van der Waals surface area contributed by atoms with Gasteiger partial charge in [0.2, 0.25) is 0 Å². The van der Waals surface area contributed by atoms with Crippen molar-refractivity contribution in [3.05, 3.63) is 63.1 Å². The van der Waals surface area contributed by atoms with Crippen molar-refractivity contribution in [3.8, 4) is 17.6 Å². The van der Waals surface area contributed by atoms with E-state index in [2.05, 4.69) is 17.0 Å². The van der Waals surface area contributed by atoms with Crippen LogP contribution >= 0.6 is 23.2 Å². The number of anilines is 1. The number of aliphatic hydroxyl groups excluding tert-OH is 1. The van der Waals surface area contributed by atoms with E-state index in [4.69, 9.17) is 38.3 Å². The van der Waals surface area contributed by atoms with Crippen LogP contribution in [0.2, 0.25) is 10.0 Å². The van der Waals surface area contributed by atoms with Gasteiger partial charge >= 0.3 is 6.03 Å². The largest absolute Gasteiger partial charge is 0.453 e. The molecule has 0 radical (unpaired) electrons. The molecule has 0 unspecified atom stereocenters. The SMILES string of the molecule is C=C1NC(=O)N(c2cc(Cl)c(Oc3ccc(=O)n(CCO)c3)c(Cl)c2)N=C1C#N. The van der Waals surface area contributed by atoms with Crippen LogP contribution in [0, 0.1) is 11.3 Å². The third kappa shape index (κ3) is 4.25. The maximum absolute atomic E-state index is 12.2. The third-order valence-electron chi connectivity index (χ3n) is 3.79. The fourth-order valence-corrected chi connectivity index (χ4v) is 3.00. The Kier molecular flexibility index (Phi) is 5.89. The highest BCUT2D eigenvalue weighted by molar-refractivity contribution is 6.37. The number of aromatic nitrogens is 1. The minimum absolute atomic E-state index is 0.0664. The van der Waals surface area contributed by atoms with Crippen LogP contribution in [-0.2, 0) is 6.54 Å². The number of carbonyl (C=O) groups excluding carboxylic acids is 1. The van der Waals surface area contributed by atoms with E-state index < -0.39 is 6.03 Å². The van der Waals surface area contributed by atoms with Crippen LogP contribution in [0.4, 0.5) is 10.5 Å². The van der Waals surface area contributed by atoms with E-state index in [-0.39, 0.29) is 57.4 Å². The summed E-state index contributed by atoms with van der Waals surface area (Å²) in [5.41, 5.74) is -0.0784. The molecular weight excluding hydrogens is 421 g/mol. The van der Waals surface area contributed by atoms with Crippen molar-refractivity contribution >= 4 is 40.6 Å².